The van der Waals surface area contributed by atoms with E-state index in [2.05, 4.69) is 37.0 Å². The second kappa shape index (κ2) is 11.3. The van der Waals surface area contributed by atoms with Crippen molar-refractivity contribution in [2.24, 2.45) is 0 Å². The van der Waals surface area contributed by atoms with Crippen LogP contribution in [-0.2, 0) is 23.9 Å². The van der Waals surface area contributed by atoms with Gasteiger partial charge in [0.1, 0.15) is 5.65 Å². The number of piperazine rings is 1. The molecule has 4 aromatic rings. The molecule has 10 heteroatoms. The lowest BCUT2D eigenvalue weighted by Crippen LogP contribution is -2.44. The number of pyridine rings is 2. The fraction of sp³-hybridized carbons (Fsp3) is 0.276. The smallest absolute Gasteiger partial charge is 0.346 e. The number of carbonyl (C=O) groups excluding carboxylic acids is 1. The number of fused-ring (bicyclic) bond motifs is 1. The van der Waals surface area contributed by atoms with E-state index in [1.165, 1.54) is 12.1 Å². The van der Waals surface area contributed by atoms with Gasteiger partial charge in [0.15, 0.2) is 0 Å². The second-order valence-corrected chi connectivity index (χ2v) is 9.60. The van der Waals surface area contributed by atoms with Crippen molar-refractivity contribution in [3.63, 3.8) is 0 Å². The van der Waals surface area contributed by atoms with Gasteiger partial charge in [-0.25, -0.2) is 4.98 Å². The molecule has 0 unspecified atom stereocenters. The van der Waals surface area contributed by atoms with Gasteiger partial charge >= 0.3 is 6.18 Å². The number of nitrogens with zero attached hydrogens (tertiary/aromatic N) is 4. The van der Waals surface area contributed by atoms with Crippen molar-refractivity contribution in [3.05, 3.63) is 89.0 Å². The lowest BCUT2D eigenvalue weighted by molar-refractivity contribution is -0.138. The maximum absolute atomic E-state index is 13.9. The summed E-state index contributed by atoms with van der Waals surface area (Å²) in [5.74, 6) is 5.63. The molecular formula is C29H27F3N6O. The Hall–Kier alpha value is -4.20. The van der Waals surface area contributed by atoms with Crippen molar-refractivity contribution in [2.75, 3.05) is 38.5 Å². The van der Waals surface area contributed by atoms with Gasteiger partial charge in [0.05, 0.1) is 17.7 Å². The highest BCUT2D eigenvalue weighted by Gasteiger charge is 2.34. The van der Waals surface area contributed by atoms with E-state index in [1.54, 1.807) is 24.5 Å². The SMILES string of the molecule is CN1CCN(Cc2ccc(NC(=O)Cc3cc(C#Cc4cnc5[nH]ccc5c4)ccn3)cc2C(F)(F)F)CC1. The van der Waals surface area contributed by atoms with E-state index in [4.69, 9.17) is 0 Å². The molecule has 1 amide bonds. The molecule has 0 atom stereocenters. The maximum atomic E-state index is 13.9. The molecule has 200 valence electrons. The lowest BCUT2D eigenvalue weighted by Gasteiger charge is -2.33. The molecule has 1 aliphatic rings. The van der Waals surface area contributed by atoms with Crippen LogP contribution in [0.1, 0.15) is 27.9 Å². The van der Waals surface area contributed by atoms with E-state index in [1.807, 2.05) is 30.3 Å². The summed E-state index contributed by atoms with van der Waals surface area (Å²) in [7, 11) is 2.00. The second-order valence-electron chi connectivity index (χ2n) is 9.60. The van der Waals surface area contributed by atoms with Crippen LogP contribution in [-0.4, -0.2) is 63.9 Å². The molecule has 1 saturated heterocycles. The molecule has 1 aliphatic heterocycles. The van der Waals surface area contributed by atoms with Crippen molar-refractivity contribution in [1.29, 1.82) is 0 Å². The number of halogens is 3. The van der Waals surface area contributed by atoms with E-state index in [-0.39, 0.29) is 24.2 Å². The van der Waals surface area contributed by atoms with E-state index in [0.29, 0.717) is 24.3 Å². The number of anilines is 1. The zero-order valence-electron chi connectivity index (χ0n) is 21.3. The van der Waals surface area contributed by atoms with Crippen molar-refractivity contribution in [3.8, 4) is 11.8 Å². The largest absolute Gasteiger partial charge is 0.416 e. The van der Waals surface area contributed by atoms with Gasteiger partial charge in [0, 0.05) is 73.5 Å². The minimum Gasteiger partial charge on any atom is -0.346 e. The first-order valence-corrected chi connectivity index (χ1v) is 12.5. The van der Waals surface area contributed by atoms with Gasteiger partial charge in [-0.1, -0.05) is 17.9 Å². The third-order valence-corrected chi connectivity index (χ3v) is 6.60. The number of hydrogen-bond acceptors (Lipinski definition) is 5. The summed E-state index contributed by atoms with van der Waals surface area (Å²) in [6, 6.07) is 11.2. The van der Waals surface area contributed by atoms with Gasteiger partial charge in [-0.3, -0.25) is 14.7 Å². The number of H-pyrrole nitrogens is 1. The first-order valence-electron chi connectivity index (χ1n) is 12.5. The molecule has 1 fully saturated rings. The number of hydrogen-bond donors (Lipinski definition) is 2. The molecule has 4 heterocycles. The Labute approximate surface area is 224 Å². The fourth-order valence-corrected chi connectivity index (χ4v) is 4.48. The van der Waals surface area contributed by atoms with Gasteiger partial charge in [0.2, 0.25) is 5.91 Å². The number of likely N-dealkylation sites (N-methyl/N-ethyl adjacent to an activating group) is 1. The summed E-state index contributed by atoms with van der Waals surface area (Å²) >= 11 is 0. The summed E-state index contributed by atoms with van der Waals surface area (Å²) in [6.45, 7) is 3.26. The topological polar surface area (TPSA) is 77.1 Å². The molecule has 1 aromatic carbocycles. The van der Waals surface area contributed by atoms with Crippen molar-refractivity contribution >= 4 is 22.6 Å². The highest BCUT2D eigenvalue weighted by Crippen LogP contribution is 2.34. The van der Waals surface area contributed by atoms with Crippen molar-refractivity contribution < 1.29 is 18.0 Å². The Balaban J connectivity index is 1.25. The third-order valence-electron chi connectivity index (χ3n) is 6.60. The quantitative estimate of drug-likeness (QED) is 0.375. The summed E-state index contributed by atoms with van der Waals surface area (Å²) in [6.07, 6.45) is 0.402. The molecule has 7 nitrogen and oxygen atoms in total. The number of aromatic amines is 1. The zero-order chi connectivity index (χ0) is 27.4. The van der Waals surface area contributed by atoms with Crippen LogP contribution in [0, 0.1) is 11.8 Å². The molecule has 0 saturated carbocycles. The molecule has 0 aliphatic carbocycles. The van der Waals surface area contributed by atoms with E-state index >= 15 is 0 Å². The molecule has 0 radical (unpaired) electrons. The monoisotopic (exact) mass is 532 g/mol. The van der Waals surface area contributed by atoms with Gasteiger partial charge in [-0.2, -0.15) is 13.2 Å². The average Bonchev–Trinajstić information content (AvgIpc) is 3.37. The number of alkyl halides is 3. The minimum absolute atomic E-state index is 0.0954. The molecule has 39 heavy (non-hydrogen) atoms. The number of rotatable bonds is 5. The maximum Gasteiger partial charge on any atom is 0.416 e. The Bertz CT molecular complexity index is 1540. The standard InChI is InChI=1S/C29H27F3N6O/c1-37-10-12-38(13-11-37)19-23-4-5-24(16-26(23)29(30,31)32)36-27(39)17-25-15-20(6-8-33-25)2-3-21-14-22-7-9-34-28(22)35-18-21/h4-9,14-16,18H,10-13,17,19H2,1H3,(H,34,35)(H,36,39). The van der Waals surface area contributed by atoms with Gasteiger partial charge < -0.3 is 15.2 Å². The average molecular weight is 533 g/mol. The normalized spacial score (nSPS) is 14.7. The summed E-state index contributed by atoms with van der Waals surface area (Å²) in [5.41, 5.74) is 2.21. The molecular weight excluding hydrogens is 505 g/mol. The van der Waals surface area contributed by atoms with Crippen LogP contribution >= 0.6 is 0 Å². The number of nitrogens with one attached hydrogen (secondary N) is 2. The highest BCUT2D eigenvalue weighted by atomic mass is 19.4. The van der Waals surface area contributed by atoms with Crippen LogP contribution in [0.25, 0.3) is 11.0 Å². The van der Waals surface area contributed by atoms with Gasteiger partial charge in [-0.15, -0.1) is 0 Å². The summed E-state index contributed by atoms with van der Waals surface area (Å²) in [5, 5.41) is 3.54. The Morgan fingerprint density at radius 1 is 1.03 bits per heavy atom. The number of amides is 1. The molecule has 0 spiro atoms. The van der Waals surface area contributed by atoms with E-state index in [0.717, 1.165) is 35.8 Å². The van der Waals surface area contributed by atoms with E-state index in [9.17, 15) is 18.0 Å². The summed E-state index contributed by atoms with van der Waals surface area (Å²) in [4.78, 5) is 28.4. The van der Waals surface area contributed by atoms with Crippen molar-refractivity contribution in [1.82, 2.24) is 24.8 Å². The number of carbonyl (C=O) groups is 1. The van der Waals surface area contributed by atoms with Crippen LogP contribution in [0.4, 0.5) is 18.9 Å². The first-order chi connectivity index (χ1) is 18.7. The first kappa shape index (κ1) is 26.4. The fourth-order valence-electron chi connectivity index (χ4n) is 4.48. The van der Waals surface area contributed by atoms with Crippen LogP contribution < -0.4 is 5.32 Å². The minimum atomic E-state index is -4.53. The number of aromatic nitrogens is 3. The lowest BCUT2D eigenvalue weighted by atomic mass is 10.0. The van der Waals surface area contributed by atoms with Crippen LogP contribution in [0.15, 0.2) is 61.1 Å². The Kier molecular flexibility index (Phi) is 7.63. The molecule has 5 rings (SSSR count). The highest BCUT2D eigenvalue weighted by molar-refractivity contribution is 5.92. The van der Waals surface area contributed by atoms with Crippen molar-refractivity contribution in [2.45, 2.75) is 19.1 Å². The Morgan fingerprint density at radius 3 is 2.62 bits per heavy atom. The van der Waals surface area contributed by atoms with Crippen LogP contribution in [0.2, 0.25) is 0 Å². The Morgan fingerprint density at radius 2 is 1.82 bits per heavy atom. The molecule has 0 bridgehead atoms. The summed E-state index contributed by atoms with van der Waals surface area (Å²) < 4.78 is 41.6. The van der Waals surface area contributed by atoms with Crippen LogP contribution in [0.5, 0.6) is 0 Å². The molecule has 2 N–H and O–H groups in total. The predicted molar refractivity (Wildman–Crippen MR) is 143 cm³/mol. The number of benzene rings is 1. The van der Waals surface area contributed by atoms with Gasteiger partial charge in [0.25, 0.3) is 0 Å². The zero-order valence-corrected chi connectivity index (χ0v) is 21.3. The molecule has 3 aromatic heterocycles. The van der Waals surface area contributed by atoms with Gasteiger partial charge in [-0.05, 0) is 49.0 Å². The third kappa shape index (κ3) is 6.82. The predicted octanol–water partition coefficient (Wildman–Crippen LogP) is 4.31. The van der Waals surface area contributed by atoms with E-state index < -0.39 is 17.6 Å². The van der Waals surface area contributed by atoms with Crippen LogP contribution in [0.3, 0.4) is 0 Å².